The molecule has 2 heterocycles. The lowest BCUT2D eigenvalue weighted by atomic mass is 10.1. The molecule has 2 N–H and O–H groups in total. The normalized spacial score (nSPS) is 13.2. The molecule has 0 saturated heterocycles. The number of aryl methyl sites for hydroxylation is 2. The Kier molecular flexibility index (Phi) is 5.91. The molecule has 1 aromatic carbocycles. The van der Waals surface area contributed by atoms with Gasteiger partial charge in [-0.2, -0.15) is 0 Å². The first-order chi connectivity index (χ1) is 12.9. The highest BCUT2D eigenvalue weighted by atomic mass is 32.1. The number of hydrogen-bond donors (Lipinski definition) is 2. The fourth-order valence-electron chi connectivity index (χ4n) is 2.90. The molecule has 3 rings (SSSR count). The van der Waals surface area contributed by atoms with Crippen LogP contribution in [-0.2, 0) is 6.42 Å². The average Bonchev–Trinajstić information content (AvgIpc) is 3.25. The van der Waals surface area contributed by atoms with Gasteiger partial charge in [-0.1, -0.05) is 35.5 Å². The molecule has 2 atom stereocenters. The van der Waals surface area contributed by atoms with Crippen molar-refractivity contribution in [2.45, 2.75) is 46.2 Å². The molecule has 0 spiro atoms. The van der Waals surface area contributed by atoms with E-state index in [1.807, 2.05) is 63.4 Å². The summed E-state index contributed by atoms with van der Waals surface area (Å²) in [5.41, 5.74) is 3.91. The summed E-state index contributed by atoms with van der Waals surface area (Å²) >= 11 is 1.55. The molecule has 6 nitrogen and oxygen atoms in total. The Hall–Kier alpha value is -2.67. The highest BCUT2D eigenvalue weighted by molar-refractivity contribution is 7.10. The van der Waals surface area contributed by atoms with Gasteiger partial charge in [0.2, 0.25) is 0 Å². The molecule has 2 unspecified atom stereocenters. The van der Waals surface area contributed by atoms with Crippen LogP contribution in [0.5, 0.6) is 0 Å². The van der Waals surface area contributed by atoms with E-state index in [2.05, 4.69) is 20.8 Å². The van der Waals surface area contributed by atoms with E-state index in [1.54, 1.807) is 11.3 Å². The molecule has 0 radical (unpaired) electrons. The average molecular weight is 385 g/mol. The second-order valence-electron chi connectivity index (χ2n) is 6.68. The van der Waals surface area contributed by atoms with E-state index in [9.17, 15) is 4.79 Å². The van der Waals surface area contributed by atoms with E-state index in [0.717, 1.165) is 33.3 Å². The van der Waals surface area contributed by atoms with Crippen molar-refractivity contribution in [2.75, 3.05) is 0 Å². The van der Waals surface area contributed by atoms with Crippen molar-refractivity contribution in [1.29, 1.82) is 0 Å². The Morgan fingerprint density at radius 3 is 2.59 bits per heavy atom. The van der Waals surface area contributed by atoms with Crippen molar-refractivity contribution < 1.29 is 9.32 Å². The summed E-state index contributed by atoms with van der Waals surface area (Å²) in [5.74, 6) is 0.797. The first kappa shape index (κ1) is 19.1. The first-order valence-corrected chi connectivity index (χ1v) is 9.81. The second-order valence-corrected chi connectivity index (χ2v) is 7.57. The zero-order chi connectivity index (χ0) is 19.4. The molecule has 0 aliphatic heterocycles. The van der Waals surface area contributed by atoms with Gasteiger partial charge in [-0.05, 0) is 34.1 Å². The van der Waals surface area contributed by atoms with Gasteiger partial charge in [0.25, 0.3) is 0 Å². The maximum Gasteiger partial charge on any atom is 0.315 e. The minimum absolute atomic E-state index is 0.0369. The molecule has 27 heavy (non-hydrogen) atoms. The van der Waals surface area contributed by atoms with E-state index in [0.29, 0.717) is 6.42 Å². The Morgan fingerprint density at radius 2 is 1.93 bits per heavy atom. The predicted molar refractivity (Wildman–Crippen MR) is 107 cm³/mol. The lowest BCUT2D eigenvalue weighted by Gasteiger charge is -2.17. The van der Waals surface area contributed by atoms with Gasteiger partial charge in [0.15, 0.2) is 0 Å². The number of nitrogens with zero attached hydrogens (tertiary/aromatic N) is 2. The van der Waals surface area contributed by atoms with Gasteiger partial charge in [-0.25, -0.2) is 9.78 Å². The van der Waals surface area contributed by atoms with Crippen LogP contribution in [0.1, 0.15) is 41.9 Å². The number of urea groups is 1. The summed E-state index contributed by atoms with van der Waals surface area (Å²) in [7, 11) is 0. The molecular formula is C20H24N4O2S. The number of nitrogens with one attached hydrogen (secondary N) is 2. The van der Waals surface area contributed by atoms with Crippen LogP contribution in [0.15, 0.2) is 40.2 Å². The van der Waals surface area contributed by atoms with Crippen LogP contribution < -0.4 is 10.6 Å². The van der Waals surface area contributed by atoms with Crippen LogP contribution in [0.2, 0.25) is 0 Å². The third-order valence-corrected chi connectivity index (χ3v) is 5.41. The summed E-state index contributed by atoms with van der Waals surface area (Å²) in [6.45, 7) is 7.70. The van der Waals surface area contributed by atoms with E-state index in [1.165, 1.54) is 0 Å². The molecule has 0 aliphatic carbocycles. The van der Waals surface area contributed by atoms with Gasteiger partial charge in [0, 0.05) is 22.5 Å². The zero-order valence-corrected chi connectivity index (χ0v) is 16.8. The summed E-state index contributed by atoms with van der Waals surface area (Å²) in [6, 6.07) is 9.60. The molecule has 142 valence electrons. The van der Waals surface area contributed by atoms with Gasteiger partial charge in [-0.15, -0.1) is 11.3 Å². The Balaban J connectivity index is 1.55. The topological polar surface area (TPSA) is 80.0 Å². The third kappa shape index (κ3) is 4.74. The van der Waals surface area contributed by atoms with Crippen molar-refractivity contribution in [3.8, 4) is 11.3 Å². The monoisotopic (exact) mass is 384 g/mol. The number of rotatable bonds is 6. The summed E-state index contributed by atoms with van der Waals surface area (Å²) in [5, 5.41) is 12.8. The number of benzene rings is 1. The Labute approximate surface area is 163 Å². The van der Waals surface area contributed by atoms with Gasteiger partial charge >= 0.3 is 6.03 Å². The summed E-state index contributed by atoms with van der Waals surface area (Å²) in [4.78, 5) is 17.0. The summed E-state index contributed by atoms with van der Waals surface area (Å²) < 4.78 is 5.18. The maximum atomic E-state index is 12.3. The number of carbonyl (C=O) groups excluding carboxylic acids is 1. The quantitative estimate of drug-likeness (QED) is 0.660. The SMILES string of the molecule is Cc1noc(C)c1CC(C)NC(=O)NC(C)c1nc(-c2ccccc2)cs1. The Morgan fingerprint density at radius 1 is 1.19 bits per heavy atom. The van der Waals surface area contributed by atoms with Crippen molar-refractivity contribution in [2.24, 2.45) is 0 Å². The number of carbonyl (C=O) groups is 1. The second kappa shape index (κ2) is 8.35. The minimum Gasteiger partial charge on any atom is -0.361 e. The van der Waals surface area contributed by atoms with Gasteiger partial charge in [0.1, 0.15) is 10.8 Å². The molecule has 3 aromatic rings. The molecule has 2 amide bonds. The molecule has 0 saturated carbocycles. The molecular weight excluding hydrogens is 360 g/mol. The predicted octanol–water partition coefficient (Wildman–Crippen LogP) is 4.41. The van der Waals surface area contributed by atoms with Crippen LogP contribution in [-0.4, -0.2) is 22.2 Å². The largest absolute Gasteiger partial charge is 0.361 e. The smallest absolute Gasteiger partial charge is 0.315 e. The molecule has 7 heteroatoms. The van der Waals surface area contributed by atoms with Crippen molar-refractivity contribution >= 4 is 17.4 Å². The molecule has 0 aliphatic rings. The molecule has 2 aromatic heterocycles. The highest BCUT2D eigenvalue weighted by Crippen LogP contribution is 2.25. The highest BCUT2D eigenvalue weighted by Gasteiger charge is 2.17. The number of hydrogen-bond acceptors (Lipinski definition) is 5. The van der Waals surface area contributed by atoms with E-state index in [4.69, 9.17) is 4.52 Å². The van der Waals surface area contributed by atoms with Gasteiger partial charge in [0.05, 0.1) is 17.4 Å². The Bertz CT molecular complexity index is 884. The standard InChI is InChI=1S/C20H24N4O2S/c1-12(10-17-13(2)24-26-15(17)4)21-20(25)22-14(3)19-23-18(11-27-19)16-8-6-5-7-9-16/h5-9,11-12,14H,10H2,1-4H3,(H2,21,22,25). The van der Waals surface area contributed by atoms with Crippen molar-refractivity contribution in [3.63, 3.8) is 0 Å². The fourth-order valence-corrected chi connectivity index (χ4v) is 3.74. The third-order valence-electron chi connectivity index (χ3n) is 4.38. The zero-order valence-electron chi connectivity index (χ0n) is 15.9. The van der Waals surface area contributed by atoms with Crippen LogP contribution in [0.25, 0.3) is 11.3 Å². The first-order valence-electron chi connectivity index (χ1n) is 8.93. The fraction of sp³-hybridized carbons (Fsp3) is 0.350. The van der Waals surface area contributed by atoms with Crippen LogP contribution in [0.4, 0.5) is 4.79 Å². The number of thiazole rings is 1. The molecule has 0 bridgehead atoms. The maximum absolute atomic E-state index is 12.3. The van der Waals surface area contributed by atoms with E-state index < -0.39 is 0 Å². The lowest BCUT2D eigenvalue weighted by molar-refractivity contribution is 0.234. The van der Waals surface area contributed by atoms with E-state index >= 15 is 0 Å². The van der Waals surface area contributed by atoms with Crippen molar-refractivity contribution in [1.82, 2.24) is 20.8 Å². The van der Waals surface area contributed by atoms with Crippen molar-refractivity contribution in [3.05, 3.63) is 57.7 Å². The summed E-state index contributed by atoms with van der Waals surface area (Å²) in [6.07, 6.45) is 0.679. The lowest BCUT2D eigenvalue weighted by Crippen LogP contribution is -2.42. The van der Waals surface area contributed by atoms with Gasteiger partial charge in [-0.3, -0.25) is 0 Å². The van der Waals surface area contributed by atoms with E-state index in [-0.39, 0.29) is 18.1 Å². The minimum atomic E-state index is -0.210. The molecule has 0 fully saturated rings. The number of aromatic nitrogens is 2. The number of amides is 2. The van der Waals surface area contributed by atoms with Crippen LogP contribution in [0.3, 0.4) is 0 Å². The van der Waals surface area contributed by atoms with Crippen LogP contribution >= 0.6 is 11.3 Å². The van der Waals surface area contributed by atoms with Crippen LogP contribution in [0, 0.1) is 13.8 Å². The van der Waals surface area contributed by atoms with Gasteiger partial charge < -0.3 is 15.2 Å².